The molecule has 2 aromatic carbocycles. The largest absolute Gasteiger partial charge is 0.478 e. The van der Waals surface area contributed by atoms with Crippen LogP contribution in [0.25, 0.3) is 0 Å². The van der Waals surface area contributed by atoms with Gasteiger partial charge in [-0.3, -0.25) is 0 Å². The van der Waals surface area contributed by atoms with Crippen molar-refractivity contribution in [3.8, 4) is 17.2 Å². The zero-order valence-electron chi connectivity index (χ0n) is 15.0. The molecule has 0 aliphatic rings. The third-order valence-corrected chi connectivity index (χ3v) is 3.93. The molecule has 144 valence electrons. The Bertz CT molecular complexity index is 837. The van der Waals surface area contributed by atoms with Crippen LogP contribution in [-0.4, -0.2) is 31.8 Å². The van der Waals surface area contributed by atoms with Crippen LogP contribution in [0.1, 0.15) is 24.2 Å². The van der Waals surface area contributed by atoms with E-state index in [1.165, 1.54) is 26.2 Å². The molecule has 2 aromatic rings. The van der Waals surface area contributed by atoms with Gasteiger partial charge in [0.1, 0.15) is 22.8 Å². The van der Waals surface area contributed by atoms with E-state index in [9.17, 15) is 9.59 Å². The third kappa shape index (κ3) is 5.52. The minimum Gasteiger partial charge on any atom is -0.478 e. The van der Waals surface area contributed by atoms with Crippen molar-refractivity contribution in [2.45, 2.75) is 20.0 Å². The lowest BCUT2D eigenvalue weighted by molar-refractivity contribution is -0.150. The maximum Gasteiger partial charge on any atom is 0.347 e. The Hall–Kier alpha value is -2.44. The predicted octanol–water partition coefficient (Wildman–Crippen LogP) is 4.90. The average molecular weight is 413 g/mol. The zero-order chi connectivity index (χ0) is 20.0. The van der Waals surface area contributed by atoms with Gasteiger partial charge in [0.15, 0.2) is 6.10 Å². The monoisotopic (exact) mass is 412 g/mol. The molecular weight excluding hydrogens is 395 g/mol. The highest BCUT2D eigenvalue weighted by Crippen LogP contribution is 2.34. The molecule has 0 saturated heterocycles. The lowest BCUT2D eigenvalue weighted by Gasteiger charge is -2.17. The van der Waals surface area contributed by atoms with E-state index in [-0.39, 0.29) is 17.9 Å². The quantitative estimate of drug-likeness (QED) is 0.602. The molecular formula is C19H18Cl2O6. The number of carbonyl (C=O) groups excluding carboxylic acids is 2. The van der Waals surface area contributed by atoms with Crippen molar-refractivity contribution in [1.29, 1.82) is 0 Å². The number of halogens is 2. The van der Waals surface area contributed by atoms with Crippen LogP contribution in [0.3, 0.4) is 0 Å². The van der Waals surface area contributed by atoms with Gasteiger partial charge < -0.3 is 18.9 Å². The van der Waals surface area contributed by atoms with Gasteiger partial charge in [-0.2, -0.15) is 0 Å². The predicted molar refractivity (Wildman–Crippen MR) is 101 cm³/mol. The van der Waals surface area contributed by atoms with Crippen molar-refractivity contribution in [3.63, 3.8) is 0 Å². The van der Waals surface area contributed by atoms with Crippen molar-refractivity contribution in [1.82, 2.24) is 0 Å². The molecule has 27 heavy (non-hydrogen) atoms. The van der Waals surface area contributed by atoms with Crippen LogP contribution >= 0.6 is 23.2 Å². The molecule has 0 amide bonds. The number of carbonyl (C=O) groups is 2. The summed E-state index contributed by atoms with van der Waals surface area (Å²) in [6.07, 6.45) is -0.928. The van der Waals surface area contributed by atoms with Gasteiger partial charge in [-0.25, -0.2) is 9.59 Å². The zero-order valence-corrected chi connectivity index (χ0v) is 16.5. The van der Waals surface area contributed by atoms with E-state index < -0.39 is 18.0 Å². The Morgan fingerprint density at radius 3 is 2.44 bits per heavy atom. The molecule has 1 atom stereocenters. The van der Waals surface area contributed by atoms with E-state index in [4.69, 9.17) is 42.1 Å². The normalized spacial score (nSPS) is 11.4. The summed E-state index contributed by atoms with van der Waals surface area (Å²) in [7, 11) is 1.25. The van der Waals surface area contributed by atoms with E-state index in [0.717, 1.165) is 0 Å². The van der Waals surface area contributed by atoms with Crippen LogP contribution in [0.4, 0.5) is 0 Å². The summed E-state index contributed by atoms with van der Waals surface area (Å²) < 4.78 is 21.0. The highest BCUT2D eigenvalue weighted by Gasteiger charge is 2.21. The molecule has 8 heteroatoms. The van der Waals surface area contributed by atoms with E-state index >= 15 is 0 Å². The fraction of sp³-hybridized carbons (Fsp3) is 0.263. The molecule has 0 aliphatic heterocycles. The first-order chi connectivity index (χ1) is 12.8. The van der Waals surface area contributed by atoms with Crippen LogP contribution in [0.2, 0.25) is 10.0 Å². The summed E-state index contributed by atoms with van der Waals surface area (Å²) in [4.78, 5) is 23.8. The minimum atomic E-state index is -0.928. The van der Waals surface area contributed by atoms with E-state index in [2.05, 4.69) is 0 Å². The number of hydrogen-bond donors (Lipinski definition) is 0. The van der Waals surface area contributed by atoms with Gasteiger partial charge in [-0.1, -0.05) is 23.2 Å². The van der Waals surface area contributed by atoms with Gasteiger partial charge in [0.2, 0.25) is 0 Å². The second-order valence-corrected chi connectivity index (χ2v) is 6.18. The number of benzene rings is 2. The molecule has 1 unspecified atom stereocenters. The van der Waals surface area contributed by atoms with Crippen molar-refractivity contribution >= 4 is 35.1 Å². The first kappa shape index (κ1) is 20.9. The molecule has 0 N–H and O–H groups in total. The molecule has 0 aromatic heterocycles. The highest BCUT2D eigenvalue weighted by atomic mass is 35.5. The van der Waals surface area contributed by atoms with Crippen LogP contribution in [0, 0.1) is 0 Å². The van der Waals surface area contributed by atoms with Crippen LogP contribution in [0.15, 0.2) is 36.4 Å². The molecule has 2 rings (SSSR count). The third-order valence-electron chi connectivity index (χ3n) is 3.40. The van der Waals surface area contributed by atoms with E-state index in [1.807, 2.05) is 0 Å². The molecule has 0 bridgehead atoms. The summed E-state index contributed by atoms with van der Waals surface area (Å²) in [5.41, 5.74) is 0.142. The molecule has 6 nitrogen and oxygen atoms in total. The van der Waals surface area contributed by atoms with E-state index in [0.29, 0.717) is 21.5 Å². The Morgan fingerprint density at radius 2 is 1.81 bits per heavy atom. The summed E-state index contributed by atoms with van der Waals surface area (Å²) in [5.74, 6) is -0.336. The number of hydrogen-bond acceptors (Lipinski definition) is 6. The molecule has 0 fully saturated rings. The Labute approximate surface area is 166 Å². The van der Waals surface area contributed by atoms with E-state index in [1.54, 1.807) is 31.2 Å². The average Bonchev–Trinajstić information content (AvgIpc) is 2.64. The number of methoxy groups -OCH3 is 1. The standard InChI is InChI=1S/C19H18Cl2O6/c1-4-25-18(22)11(2)26-17-10-13(6-7-14(17)19(23)24-3)27-16-8-5-12(20)9-15(16)21/h5-11H,4H2,1-3H3. The lowest BCUT2D eigenvalue weighted by atomic mass is 10.2. The SMILES string of the molecule is CCOC(=O)C(C)Oc1cc(Oc2ccc(Cl)cc2Cl)ccc1C(=O)OC. The van der Waals surface area contributed by atoms with Gasteiger partial charge in [0.05, 0.1) is 18.7 Å². The van der Waals surface area contributed by atoms with Crippen LogP contribution < -0.4 is 9.47 Å². The van der Waals surface area contributed by atoms with Gasteiger partial charge in [-0.05, 0) is 44.2 Å². The smallest absolute Gasteiger partial charge is 0.347 e. The van der Waals surface area contributed by atoms with Crippen molar-refractivity contribution in [2.24, 2.45) is 0 Å². The van der Waals surface area contributed by atoms with Crippen LogP contribution in [-0.2, 0) is 14.3 Å². The molecule has 0 radical (unpaired) electrons. The number of esters is 2. The highest BCUT2D eigenvalue weighted by molar-refractivity contribution is 6.35. The number of rotatable bonds is 7. The van der Waals surface area contributed by atoms with Crippen molar-refractivity contribution < 1.29 is 28.5 Å². The molecule has 0 saturated carbocycles. The van der Waals surface area contributed by atoms with Gasteiger partial charge in [0.25, 0.3) is 0 Å². The summed E-state index contributed by atoms with van der Waals surface area (Å²) >= 11 is 12.0. The lowest BCUT2D eigenvalue weighted by Crippen LogP contribution is -2.26. The summed E-state index contributed by atoms with van der Waals surface area (Å²) in [6.45, 7) is 3.42. The second-order valence-electron chi connectivity index (χ2n) is 5.34. The maximum atomic E-state index is 12.0. The Balaban J connectivity index is 2.32. The summed E-state index contributed by atoms with van der Waals surface area (Å²) in [6, 6.07) is 9.28. The topological polar surface area (TPSA) is 71.1 Å². The minimum absolute atomic E-state index is 0.116. The van der Waals surface area contributed by atoms with Gasteiger partial charge >= 0.3 is 11.9 Å². The van der Waals surface area contributed by atoms with Crippen LogP contribution in [0.5, 0.6) is 17.2 Å². The Morgan fingerprint density at radius 1 is 1.07 bits per heavy atom. The van der Waals surface area contributed by atoms with Gasteiger partial charge in [0, 0.05) is 11.1 Å². The second kappa shape index (κ2) is 9.48. The molecule has 0 aliphatic carbocycles. The number of ether oxygens (including phenoxy) is 4. The fourth-order valence-corrected chi connectivity index (χ4v) is 2.57. The van der Waals surface area contributed by atoms with Crippen molar-refractivity contribution in [3.05, 3.63) is 52.0 Å². The summed E-state index contributed by atoms with van der Waals surface area (Å²) in [5, 5.41) is 0.794. The van der Waals surface area contributed by atoms with Gasteiger partial charge in [-0.15, -0.1) is 0 Å². The molecule has 0 spiro atoms. The maximum absolute atomic E-state index is 12.0. The van der Waals surface area contributed by atoms with Crippen molar-refractivity contribution in [2.75, 3.05) is 13.7 Å². The first-order valence-corrected chi connectivity index (χ1v) is 8.79. The first-order valence-electron chi connectivity index (χ1n) is 8.04. The Kier molecular flexibility index (Phi) is 7.33. The molecule has 0 heterocycles. The fourth-order valence-electron chi connectivity index (χ4n) is 2.13.